The summed E-state index contributed by atoms with van der Waals surface area (Å²) in [5.41, 5.74) is 0. The van der Waals surface area contributed by atoms with Gasteiger partial charge < -0.3 is 0 Å². The normalized spacial score (nSPS) is 42.0. The molecule has 0 N–H and O–H groups in total. The minimum Gasteiger partial charge on any atom is -0.238 e. The summed E-state index contributed by atoms with van der Waals surface area (Å²) >= 11 is 0. The second-order valence-electron chi connectivity index (χ2n) is 2.41. The SMILES string of the molecule is CC1CC[N]C1C. The van der Waals surface area contributed by atoms with Crippen LogP contribution in [0.15, 0.2) is 0 Å². The van der Waals surface area contributed by atoms with Crippen molar-refractivity contribution in [3.05, 3.63) is 0 Å². The van der Waals surface area contributed by atoms with E-state index in [2.05, 4.69) is 19.2 Å². The van der Waals surface area contributed by atoms with Crippen molar-refractivity contribution in [2.24, 2.45) is 5.92 Å². The average molecular weight is 98.2 g/mol. The van der Waals surface area contributed by atoms with E-state index < -0.39 is 0 Å². The highest BCUT2D eigenvalue weighted by Gasteiger charge is 2.18. The molecule has 1 saturated heterocycles. The molecule has 0 aromatic rings. The summed E-state index contributed by atoms with van der Waals surface area (Å²) in [5.74, 6) is 0.847. The molecule has 2 atom stereocenters. The molecule has 1 radical (unpaired) electrons. The molecule has 41 valence electrons. The first-order valence-electron chi connectivity index (χ1n) is 2.97. The summed E-state index contributed by atoms with van der Waals surface area (Å²) in [7, 11) is 0. The molecular weight excluding hydrogens is 86.1 g/mol. The Hall–Kier alpha value is -0.0400. The van der Waals surface area contributed by atoms with Crippen LogP contribution in [0.25, 0.3) is 0 Å². The lowest BCUT2D eigenvalue weighted by molar-refractivity contribution is 0.514. The van der Waals surface area contributed by atoms with E-state index >= 15 is 0 Å². The second-order valence-corrected chi connectivity index (χ2v) is 2.41. The summed E-state index contributed by atoms with van der Waals surface area (Å²) in [6.07, 6.45) is 1.31. The van der Waals surface area contributed by atoms with Crippen LogP contribution in [0.4, 0.5) is 0 Å². The van der Waals surface area contributed by atoms with Crippen LogP contribution in [0.3, 0.4) is 0 Å². The Morgan fingerprint density at radius 2 is 2.14 bits per heavy atom. The van der Waals surface area contributed by atoms with E-state index in [4.69, 9.17) is 0 Å². The summed E-state index contributed by atoms with van der Waals surface area (Å²) in [5, 5.41) is 4.32. The molecule has 0 aromatic heterocycles. The number of nitrogens with zero attached hydrogens (tertiary/aromatic N) is 1. The van der Waals surface area contributed by atoms with Crippen molar-refractivity contribution >= 4 is 0 Å². The topological polar surface area (TPSA) is 14.1 Å². The van der Waals surface area contributed by atoms with Crippen LogP contribution in [0.1, 0.15) is 20.3 Å². The molecule has 0 spiro atoms. The fraction of sp³-hybridized carbons (Fsp3) is 1.00. The maximum absolute atomic E-state index is 4.32. The Morgan fingerprint density at radius 3 is 2.29 bits per heavy atom. The first kappa shape index (κ1) is 5.10. The molecular formula is C6H12N. The van der Waals surface area contributed by atoms with E-state index in [0.29, 0.717) is 6.04 Å². The molecule has 1 aliphatic rings. The van der Waals surface area contributed by atoms with Crippen LogP contribution >= 0.6 is 0 Å². The molecule has 1 aliphatic heterocycles. The van der Waals surface area contributed by atoms with Gasteiger partial charge in [0, 0.05) is 12.6 Å². The maximum atomic E-state index is 4.32. The molecule has 0 aliphatic carbocycles. The van der Waals surface area contributed by atoms with Crippen molar-refractivity contribution in [1.29, 1.82) is 0 Å². The third-order valence-corrected chi connectivity index (χ3v) is 1.83. The van der Waals surface area contributed by atoms with Crippen LogP contribution in [-0.2, 0) is 0 Å². The number of hydrogen-bond donors (Lipinski definition) is 0. The molecule has 1 heterocycles. The minimum atomic E-state index is 0.639. The lowest BCUT2D eigenvalue weighted by Gasteiger charge is -2.03. The maximum Gasteiger partial charge on any atom is 0.0243 e. The monoisotopic (exact) mass is 98.1 g/mol. The predicted molar refractivity (Wildman–Crippen MR) is 30.2 cm³/mol. The highest BCUT2D eigenvalue weighted by molar-refractivity contribution is 4.75. The zero-order valence-electron chi connectivity index (χ0n) is 5.02. The lowest BCUT2D eigenvalue weighted by atomic mass is 10.1. The van der Waals surface area contributed by atoms with Crippen LogP contribution in [0.5, 0.6) is 0 Å². The quantitative estimate of drug-likeness (QED) is 0.429. The number of rotatable bonds is 0. The zero-order valence-corrected chi connectivity index (χ0v) is 5.02. The van der Waals surface area contributed by atoms with Gasteiger partial charge in [-0.15, -0.1) is 0 Å². The van der Waals surface area contributed by atoms with Gasteiger partial charge in [-0.25, -0.2) is 5.32 Å². The van der Waals surface area contributed by atoms with Gasteiger partial charge in [-0.2, -0.15) is 0 Å². The molecule has 2 unspecified atom stereocenters. The molecule has 1 fully saturated rings. The van der Waals surface area contributed by atoms with Crippen molar-refractivity contribution < 1.29 is 0 Å². The highest BCUT2D eigenvalue weighted by Crippen LogP contribution is 2.13. The fourth-order valence-corrected chi connectivity index (χ4v) is 0.903. The predicted octanol–water partition coefficient (Wildman–Crippen LogP) is 1.02. The van der Waals surface area contributed by atoms with Crippen molar-refractivity contribution in [2.45, 2.75) is 26.3 Å². The van der Waals surface area contributed by atoms with Crippen molar-refractivity contribution in [3.63, 3.8) is 0 Å². The molecule has 0 saturated carbocycles. The fourth-order valence-electron chi connectivity index (χ4n) is 0.903. The van der Waals surface area contributed by atoms with Crippen molar-refractivity contribution in [2.75, 3.05) is 6.54 Å². The van der Waals surface area contributed by atoms with Gasteiger partial charge >= 0.3 is 0 Å². The third-order valence-electron chi connectivity index (χ3n) is 1.83. The van der Waals surface area contributed by atoms with Crippen LogP contribution in [0, 0.1) is 5.92 Å². The van der Waals surface area contributed by atoms with Gasteiger partial charge in [0.1, 0.15) is 0 Å². The second kappa shape index (κ2) is 1.83. The van der Waals surface area contributed by atoms with Crippen LogP contribution < -0.4 is 5.32 Å². The average Bonchev–Trinajstić information content (AvgIpc) is 1.91. The molecule has 0 bridgehead atoms. The Balaban J connectivity index is 2.33. The standard InChI is InChI=1S/C6H12N/c1-5-3-4-7-6(5)2/h5-6H,3-4H2,1-2H3. The summed E-state index contributed by atoms with van der Waals surface area (Å²) in [4.78, 5) is 0. The lowest BCUT2D eigenvalue weighted by Crippen LogP contribution is -2.13. The van der Waals surface area contributed by atoms with Gasteiger partial charge in [0.2, 0.25) is 0 Å². The Morgan fingerprint density at radius 1 is 1.43 bits per heavy atom. The molecule has 1 rings (SSSR count). The van der Waals surface area contributed by atoms with Gasteiger partial charge in [0.25, 0.3) is 0 Å². The minimum absolute atomic E-state index is 0.639. The van der Waals surface area contributed by atoms with Gasteiger partial charge in [-0.3, -0.25) is 0 Å². The molecule has 7 heavy (non-hydrogen) atoms. The Bertz CT molecular complexity index is 53.2. The van der Waals surface area contributed by atoms with Crippen LogP contribution in [0.2, 0.25) is 0 Å². The molecule has 0 amide bonds. The first-order chi connectivity index (χ1) is 3.30. The Kier molecular flexibility index (Phi) is 1.33. The summed E-state index contributed by atoms with van der Waals surface area (Å²) in [6, 6.07) is 0.639. The smallest absolute Gasteiger partial charge is 0.0243 e. The van der Waals surface area contributed by atoms with Crippen molar-refractivity contribution in [3.8, 4) is 0 Å². The molecule has 1 nitrogen and oxygen atoms in total. The van der Waals surface area contributed by atoms with Gasteiger partial charge in [0.15, 0.2) is 0 Å². The number of hydrogen-bond acceptors (Lipinski definition) is 0. The molecule has 1 heteroatoms. The van der Waals surface area contributed by atoms with E-state index in [-0.39, 0.29) is 0 Å². The largest absolute Gasteiger partial charge is 0.238 e. The van der Waals surface area contributed by atoms with Gasteiger partial charge in [0.05, 0.1) is 0 Å². The Labute approximate surface area is 45.1 Å². The summed E-state index contributed by atoms with van der Waals surface area (Å²) in [6.45, 7) is 5.56. The first-order valence-corrected chi connectivity index (χ1v) is 2.97. The molecule has 0 aromatic carbocycles. The zero-order chi connectivity index (χ0) is 5.28. The third kappa shape index (κ3) is 0.942. The van der Waals surface area contributed by atoms with Crippen LogP contribution in [-0.4, -0.2) is 12.6 Å². The van der Waals surface area contributed by atoms with E-state index in [1.54, 1.807) is 0 Å². The summed E-state index contributed by atoms with van der Waals surface area (Å²) < 4.78 is 0. The van der Waals surface area contributed by atoms with E-state index in [1.807, 2.05) is 0 Å². The highest BCUT2D eigenvalue weighted by atomic mass is 14.9. The van der Waals surface area contributed by atoms with E-state index in [1.165, 1.54) is 6.42 Å². The van der Waals surface area contributed by atoms with Gasteiger partial charge in [-0.05, 0) is 19.3 Å². The van der Waals surface area contributed by atoms with E-state index in [0.717, 1.165) is 12.5 Å². The van der Waals surface area contributed by atoms with Gasteiger partial charge in [-0.1, -0.05) is 6.92 Å². The van der Waals surface area contributed by atoms with E-state index in [9.17, 15) is 0 Å². The van der Waals surface area contributed by atoms with Crippen molar-refractivity contribution in [1.82, 2.24) is 5.32 Å².